The Bertz CT molecular complexity index is 429. The van der Waals surface area contributed by atoms with Crippen LogP contribution in [0.3, 0.4) is 0 Å². The number of ether oxygens (including phenoxy) is 1. The largest absolute Gasteiger partial charge is 0.466 e. The lowest BCUT2D eigenvalue weighted by Gasteiger charge is -2.10. The van der Waals surface area contributed by atoms with E-state index in [0.717, 1.165) is 11.1 Å². The summed E-state index contributed by atoms with van der Waals surface area (Å²) in [5.41, 5.74) is 2.79. The van der Waals surface area contributed by atoms with Gasteiger partial charge in [0, 0.05) is 12.0 Å². The van der Waals surface area contributed by atoms with Gasteiger partial charge in [-0.15, -0.1) is 0 Å². The monoisotopic (exact) mass is 248 g/mol. The Morgan fingerprint density at radius 1 is 1.17 bits per heavy atom. The fourth-order valence-electron chi connectivity index (χ4n) is 1.90. The van der Waals surface area contributed by atoms with Crippen molar-refractivity contribution >= 4 is 11.8 Å². The second-order valence-corrected chi connectivity index (χ2v) is 4.66. The lowest BCUT2D eigenvalue weighted by Crippen LogP contribution is -2.18. The van der Waals surface area contributed by atoms with Crippen LogP contribution in [-0.4, -0.2) is 18.4 Å². The minimum absolute atomic E-state index is 0.0117. The average molecular weight is 248 g/mol. The third kappa shape index (κ3) is 3.99. The number of ketones is 1. The van der Waals surface area contributed by atoms with E-state index in [2.05, 4.69) is 0 Å². The van der Waals surface area contributed by atoms with E-state index in [1.165, 1.54) is 0 Å². The van der Waals surface area contributed by atoms with E-state index in [-0.39, 0.29) is 18.2 Å². The Hall–Kier alpha value is -1.64. The van der Waals surface area contributed by atoms with Gasteiger partial charge in [-0.1, -0.05) is 24.1 Å². The van der Waals surface area contributed by atoms with Crippen LogP contribution in [-0.2, 0) is 9.53 Å². The molecule has 3 nitrogen and oxygen atoms in total. The Kier molecular flexibility index (Phi) is 5.08. The number of carbonyl (C=O) groups excluding carboxylic acids is 2. The van der Waals surface area contributed by atoms with E-state index in [9.17, 15) is 9.59 Å². The molecule has 0 aliphatic rings. The highest BCUT2D eigenvalue weighted by molar-refractivity contribution is 5.98. The number of hydrogen-bond donors (Lipinski definition) is 0. The fourth-order valence-corrected chi connectivity index (χ4v) is 1.90. The Morgan fingerprint density at radius 3 is 2.22 bits per heavy atom. The lowest BCUT2D eigenvalue weighted by atomic mass is 9.97. The maximum atomic E-state index is 12.1. The van der Waals surface area contributed by atoms with Crippen LogP contribution in [0.1, 0.15) is 41.8 Å². The van der Waals surface area contributed by atoms with Crippen molar-refractivity contribution in [3.8, 4) is 0 Å². The molecule has 0 aliphatic heterocycles. The molecule has 98 valence electrons. The zero-order chi connectivity index (χ0) is 13.7. The van der Waals surface area contributed by atoms with Crippen molar-refractivity contribution in [2.45, 2.75) is 34.1 Å². The molecule has 0 saturated carbocycles. The summed E-state index contributed by atoms with van der Waals surface area (Å²) in [6, 6.07) is 5.73. The van der Waals surface area contributed by atoms with E-state index >= 15 is 0 Å². The third-order valence-electron chi connectivity index (χ3n) is 2.72. The molecule has 1 aromatic rings. The smallest absolute Gasteiger partial charge is 0.309 e. The van der Waals surface area contributed by atoms with Crippen molar-refractivity contribution in [1.29, 1.82) is 0 Å². The van der Waals surface area contributed by atoms with Crippen LogP contribution in [0, 0.1) is 19.8 Å². The quantitative estimate of drug-likeness (QED) is 0.594. The van der Waals surface area contributed by atoms with Gasteiger partial charge in [-0.05, 0) is 32.9 Å². The molecule has 0 radical (unpaired) electrons. The maximum absolute atomic E-state index is 12.1. The fraction of sp³-hybridized carbons (Fsp3) is 0.467. The molecule has 0 N–H and O–H groups in total. The summed E-state index contributed by atoms with van der Waals surface area (Å²) in [4.78, 5) is 23.5. The van der Waals surface area contributed by atoms with Gasteiger partial charge < -0.3 is 4.74 Å². The third-order valence-corrected chi connectivity index (χ3v) is 2.72. The summed E-state index contributed by atoms with van der Waals surface area (Å²) in [5.74, 6) is -0.712. The number of carbonyl (C=O) groups is 2. The van der Waals surface area contributed by atoms with Crippen molar-refractivity contribution in [3.63, 3.8) is 0 Å². The first-order valence-electron chi connectivity index (χ1n) is 6.22. The van der Waals surface area contributed by atoms with Gasteiger partial charge in [0.2, 0.25) is 0 Å². The predicted molar refractivity (Wildman–Crippen MR) is 70.7 cm³/mol. The molecule has 0 aliphatic carbocycles. The minimum Gasteiger partial charge on any atom is -0.466 e. The Balaban J connectivity index is 2.73. The highest BCUT2D eigenvalue weighted by Gasteiger charge is 2.19. The molecule has 0 bridgehead atoms. The van der Waals surface area contributed by atoms with Crippen LogP contribution >= 0.6 is 0 Å². The summed E-state index contributed by atoms with van der Waals surface area (Å²) in [6.45, 7) is 7.74. The number of hydrogen-bond acceptors (Lipinski definition) is 3. The Labute approximate surface area is 108 Å². The zero-order valence-corrected chi connectivity index (χ0v) is 11.4. The van der Waals surface area contributed by atoms with Crippen LogP contribution in [0.5, 0.6) is 0 Å². The Morgan fingerprint density at radius 2 is 1.72 bits per heavy atom. The predicted octanol–water partition coefficient (Wildman–Crippen LogP) is 3.08. The number of Topliss-reactive ketones (excluding diaryl/α,β-unsaturated/α-hetero) is 1. The van der Waals surface area contributed by atoms with Crippen molar-refractivity contribution in [2.24, 2.45) is 5.92 Å². The number of esters is 1. The molecule has 0 aromatic heterocycles. The summed E-state index contributed by atoms with van der Waals surface area (Å²) < 4.78 is 4.90. The molecule has 1 rings (SSSR count). The van der Waals surface area contributed by atoms with E-state index in [1.807, 2.05) is 32.0 Å². The maximum Gasteiger partial charge on any atom is 0.309 e. The number of benzene rings is 1. The van der Waals surface area contributed by atoms with Gasteiger partial charge in [0.25, 0.3) is 0 Å². The van der Waals surface area contributed by atoms with Gasteiger partial charge in [0.15, 0.2) is 5.78 Å². The van der Waals surface area contributed by atoms with Gasteiger partial charge >= 0.3 is 5.97 Å². The van der Waals surface area contributed by atoms with E-state index in [4.69, 9.17) is 4.74 Å². The highest BCUT2D eigenvalue weighted by atomic mass is 16.5. The standard InChI is InChI=1S/C15H20O3/c1-5-18-15(17)12(4)9-14(16)13-7-10(2)6-11(3)8-13/h6-8,12H,5,9H2,1-4H3/t12-/m1/s1. The van der Waals surface area contributed by atoms with Gasteiger partial charge in [0.05, 0.1) is 12.5 Å². The summed E-state index contributed by atoms with van der Waals surface area (Å²) >= 11 is 0. The molecular formula is C15H20O3. The first-order chi connectivity index (χ1) is 8.43. The SMILES string of the molecule is CCOC(=O)[C@H](C)CC(=O)c1cc(C)cc(C)c1. The first kappa shape index (κ1) is 14.4. The molecule has 1 aromatic carbocycles. The first-order valence-corrected chi connectivity index (χ1v) is 6.22. The van der Waals surface area contributed by atoms with Crippen molar-refractivity contribution in [3.05, 3.63) is 34.9 Å². The molecule has 0 spiro atoms. The van der Waals surface area contributed by atoms with Crippen LogP contribution in [0.25, 0.3) is 0 Å². The van der Waals surface area contributed by atoms with Gasteiger partial charge in [-0.3, -0.25) is 9.59 Å². The van der Waals surface area contributed by atoms with E-state index in [0.29, 0.717) is 12.2 Å². The minimum atomic E-state index is -0.390. The van der Waals surface area contributed by atoms with E-state index < -0.39 is 5.92 Å². The van der Waals surface area contributed by atoms with E-state index in [1.54, 1.807) is 13.8 Å². The molecule has 1 atom stereocenters. The highest BCUT2D eigenvalue weighted by Crippen LogP contribution is 2.14. The molecule has 3 heteroatoms. The second kappa shape index (κ2) is 6.34. The van der Waals surface area contributed by atoms with Crippen LogP contribution < -0.4 is 0 Å². The average Bonchev–Trinajstić information content (AvgIpc) is 2.27. The van der Waals surface area contributed by atoms with Crippen LogP contribution in [0.2, 0.25) is 0 Å². The second-order valence-electron chi connectivity index (χ2n) is 4.66. The normalized spacial score (nSPS) is 12.0. The topological polar surface area (TPSA) is 43.4 Å². The summed E-state index contributed by atoms with van der Waals surface area (Å²) in [5, 5.41) is 0. The van der Waals surface area contributed by atoms with Crippen molar-refractivity contribution in [2.75, 3.05) is 6.61 Å². The molecule has 0 fully saturated rings. The number of aryl methyl sites for hydroxylation is 2. The van der Waals surface area contributed by atoms with Gasteiger partial charge in [-0.2, -0.15) is 0 Å². The summed E-state index contributed by atoms with van der Waals surface area (Å²) in [7, 11) is 0. The molecule has 0 unspecified atom stereocenters. The van der Waals surface area contributed by atoms with Crippen molar-refractivity contribution < 1.29 is 14.3 Å². The number of rotatable bonds is 5. The van der Waals surface area contributed by atoms with Gasteiger partial charge in [-0.25, -0.2) is 0 Å². The molecule has 0 amide bonds. The molecule has 0 heterocycles. The van der Waals surface area contributed by atoms with Crippen LogP contribution in [0.15, 0.2) is 18.2 Å². The molecule has 0 saturated heterocycles. The van der Waals surface area contributed by atoms with Crippen molar-refractivity contribution in [1.82, 2.24) is 0 Å². The molecular weight excluding hydrogens is 228 g/mol. The van der Waals surface area contributed by atoms with Crippen LogP contribution in [0.4, 0.5) is 0 Å². The summed E-state index contributed by atoms with van der Waals surface area (Å²) in [6.07, 6.45) is 0.196. The van der Waals surface area contributed by atoms with Gasteiger partial charge in [0.1, 0.15) is 0 Å². The lowest BCUT2D eigenvalue weighted by molar-refractivity contribution is -0.147. The zero-order valence-electron chi connectivity index (χ0n) is 11.4. The molecule has 18 heavy (non-hydrogen) atoms.